The Morgan fingerprint density at radius 1 is 1.09 bits per heavy atom. The van der Waals surface area contributed by atoms with Crippen molar-refractivity contribution in [1.82, 2.24) is 14.5 Å². The number of ether oxygens (including phenoxy) is 2. The molecule has 0 bridgehead atoms. The van der Waals surface area contributed by atoms with Gasteiger partial charge in [-0.2, -0.15) is 5.10 Å². The van der Waals surface area contributed by atoms with Gasteiger partial charge in [0.25, 0.3) is 0 Å². The lowest BCUT2D eigenvalue weighted by molar-refractivity contribution is -0.142. The maximum absolute atomic E-state index is 14.9. The number of pyridine rings is 1. The highest BCUT2D eigenvalue weighted by atomic mass is 19.1. The number of hydrogen-bond acceptors (Lipinski definition) is 4. The Kier molecular flexibility index (Phi) is 5.93. The summed E-state index contributed by atoms with van der Waals surface area (Å²) < 4.78 is 28.2. The number of hydrogen-bond donors (Lipinski definition) is 0. The van der Waals surface area contributed by atoms with Crippen molar-refractivity contribution in [3.63, 3.8) is 0 Å². The van der Waals surface area contributed by atoms with Crippen LogP contribution in [0.3, 0.4) is 0 Å². The molecule has 168 valence electrons. The van der Waals surface area contributed by atoms with Gasteiger partial charge in [0.2, 0.25) is 5.91 Å². The number of rotatable bonds is 4. The Bertz CT molecular complexity index is 1090. The zero-order chi connectivity index (χ0) is 22.0. The monoisotopic (exact) mass is 437 g/mol. The van der Waals surface area contributed by atoms with Crippen LogP contribution in [-0.4, -0.2) is 59.9 Å². The molecular formula is C25H28FN3O3. The Labute approximate surface area is 186 Å². The molecule has 3 aromatic rings. The first-order valence-corrected chi connectivity index (χ1v) is 11.3. The molecule has 2 aromatic heterocycles. The van der Waals surface area contributed by atoms with Crippen LogP contribution in [-0.2, 0) is 26.1 Å². The predicted molar refractivity (Wildman–Crippen MR) is 118 cm³/mol. The van der Waals surface area contributed by atoms with Gasteiger partial charge in [0.05, 0.1) is 24.1 Å². The summed E-state index contributed by atoms with van der Waals surface area (Å²) in [7, 11) is 0. The van der Waals surface area contributed by atoms with Gasteiger partial charge in [0.1, 0.15) is 5.82 Å². The molecule has 5 rings (SSSR count). The summed E-state index contributed by atoms with van der Waals surface area (Å²) in [5.41, 5.74) is 1.85. The van der Waals surface area contributed by atoms with Crippen LogP contribution in [0.25, 0.3) is 5.52 Å². The fraction of sp³-hybridized carbons (Fsp3) is 0.440. The van der Waals surface area contributed by atoms with E-state index in [1.165, 1.54) is 11.6 Å². The lowest BCUT2D eigenvalue weighted by atomic mass is 9.72. The summed E-state index contributed by atoms with van der Waals surface area (Å²) in [4.78, 5) is 15.9. The quantitative estimate of drug-likeness (QED) is 0.629. The van der Waals surface area contributed by atoms with Crippen molar-refractivity contribution in [3.8, 4) is 0 Å². The largest absolute Gasteiger partial charge is 0.381 e. The lowest BCUT2D eigenvalue weighted by Crippen LogP contribution is -2.51. The van der Waals surface area contributed by atoms with Crippen molar-refractivity contribution in [2.75, 3.05) is 39.5 Å². The number of benzene rings is 1. The van der Waals surface area contributed by atoms with Gasteiger partial charge < -0.3 is 14.4 Å². The zero-order valence-corrected chi connectivity index (χ0v) is 18.1. The molecule has 1 amide bonds. The highest BCUT2D eigenvalue weighted by molar-refractivity contribution is 5.88. The summed E-state index contributed by atoms with van der Waals surface area (Å²) in [6, 6.07) is 12.8. The van der Waals surface area contributed by atoms with Crippen molar-refractivity contribution in [1.29, 1.82) is 0 Å². The molecule has 0 aliphatic carbocycles. The topological polar surface area (TPSA) is 56.1 Å². The minimum atomic E-state index is -0.885. The Balaban J connectivity index is 1.41. The summed E-state index contributed by atoms with van der Waals surface area (Å²) in [5.74, 6) is -0.179. The molecule has 0 radical (unpaired) electrons. The van der Waals surface area contributed by atoms with E-state index >= 15 is 0 Å². The van der Waals surface area contributed by atoms with Gasteiger partial charge in [0.15, 0.2) is 0 Å². The fourth-order valence-corrected chi connectivity index (χ4v) is 5.16. The SMILES string of the molecule is O=C(N1CCOC[C@@H](Cc2cccn3nccc23)C1)C1(c2ccccc2F)CCOCC1. The molecule has 1 atom stereocenters. The minimum absolute atomic E-state index is 0.0102. The van der Waals surface area contributed by atoms with E-state index in [0.717, 1.165) is 11.9 Å². The predicted octanol–water partition coefficient (Wildman–Crippen LogP) is 3.24. The molecule has 32 heavy (non-hydrogen) atoms. The Hall–Kier alpha value is -2.77. The van der Waals surface area contributed by atoms with Crippen LogP contribution >= 0.6 is 0 Å². The molecule has 2 aliphatic heterocycles. The number of fused-ring (bicyclic) bond motifs is 1. The molecule has 6 nitrogen and oxygen atoms in total. The maximum Gasteiger partial charge on any atom is 0.233 e. The van der Waals surface area contributed by atoms with E-state index in [9.17, 15) is 9.18 Å². The van der Waals surface area contributed by atoms with Crippen molar-refractivity contribution in [2.45, 2.75) is 24.7 Å². The molecule has 1 aromatic carbocycles. The molecule has 4 heterocycles. The second-order valence-electron chi connectivity index (χ2n) is 8.77. The highest BCUT2D eigenvalue weighted by Crippen LogP contribution is 2.38. The number of halogens is 1. The molecular weight excluding hydrogens is 409 g/mol. The van der Waals surface area contributed by atoms with Crippen LogP contribution in [0.15, 0.2) is 54.9 Å². The smallest absolute Gasteiger partial charge is 0.233 e. The molecule has 2 aliphatic rings. The van der Waals surface area contributed by atoms with E-state index in [0.29, 0.717) is 57.9 Å². The first kappa shape index (κ1) is 21.1. The van der Waals surface area contributed by atoms with E-state index in [1.54, 1.807) is 18.3 Å². The van der Waals surface area contributed by atoms with E-state index in [-0.39, 0.29) is 17.6 Å². The number of aromatic nitrogens is 2. The maximum atomic E-state index is 14.9. The van der Waals surface area contributed by atoms with Crippen LogP contribution in [0.4, 0.5) is 4.39 Å². The molecule has 2 fully saturated rings. The first-order valence-electron chi connectivity index (χ1n) is 11.3. The molecule has 0 N–H and O–H groups in total. The van der Waals surface area contributed by atoms with Gasteiger partial charge in [-0.15, -0.1) is 0 Å². The Morgan fingerprint density at radius 2 is 1.94 bits per heavy atom. The highest BCUT2D eigenvalue weighted by Gasteiger charge is 2.46. The minimum Gasteiger partial charge on any atom is -0.381 e. The van der Waals surface area contributed by atoms with Gasteiger partial charge in [-0.1, -0.05) is 24.3 Å². The van der Waals surface area contributed by atoms with Crippen LogP contribution in [0.1, 0.15) is 24.0 Å². The number of nitrogens with zero attached hydrogens (tertiary/aromatic N) is 3. The first-order chi connectivity index (χ1) is 15.7. The average Bonchev–Trinajstić information content (AvgIpc) is 3.19. The number of carbonyl (C=O) groups excluding carboxylic acids is 1. The fourth-order valence-electron chi connectivity index (χ4n) is 5.16. The van der Waals surface area contributed by atoms with E-state index in [4.69, 9.17) is 9.47 Å². The summed E-state index contributed by atoms with van der Waals surface area (Å²) in [6.45, 7) is 3.10. The standard InChI is InChI=1S/C25H28FN3O3/c26-22-6-2-1-5-21(22)25(8-13-31-14-9-25)24(30)28-12-15-32-18-19(17-28)16-20-4-3-11-29-23(20)7-10-27-29/h1-7,10-11,19H,8-9,12-18H2/t19-/m0/s1. The summed E-state index contributed by atoms with van der Waals surface area (Å²) >= 11 is 0. The summed E-state index contributed by atoms with van der Waals surface area (Å²) in [6.07, 6.45) is 5.49. The Morgan fingerprint density at radius 3 is 2.78 bits per heavy atom. The molecule has 0 saturated carbocycles. The van der Waals surface area contributed by atoms with E-state index in [2.05, 4.69) is 11.2 Å². The molecule has 7 heteroatoms. The van der Waals surface area contributed by atoms with Gasteiger partial charge in [-0.05, 0) is 43.0 Å². The van der Waals surface area contributed by atoms with Crippen molar-refractivity contribution < 1.29 is 18.7 Å². The average molecular weight is 438 g/mol. The van der Waals surface area contributed by atoms with E-state index < -0.39 is 5.41 Å². The summed E-state index contributed by atoms with van der Waals surface area (Å²) in [5, 5.41) is 4.32. The van der Waals surface area contributed by atoms with Gasteiger partial charge in [-0.3, -0.25) is 4.79 Å². The van der Waals surface area contributed by atoms with Crippen LogP contribution in [0.5, 0.6) is 0 Å². The van der Waals surface area contributed by atoms with Crippen molar-refractivity contribution >= 4 is 11.4 Å². The normalized spacial score (nSPS) is 21.4. The molecule has 0 unspecified atom stereocenters. The van der Waals surface area contributed by atoms with Gasteiger partial charge in [0, 0.05) is 50.2 Å². The van der Waals surface area contributed by atoms with Crippen molar-refractivity contribution in [2.24, 2.45) is 5.92 Å². The second-order valence-corrected chi connectivity index (χ2v) is 8.77. The molecule has 2 saturated heterocycles. The van der Waals surface area contributed by atoms with Crippen LogP contribution in [0.2, 0.25) is 0 Å². The van der Waals surface area contributed by atoms with Gasteiger partial charge in [-0.25, -0.2) is 8.91 Å². The molecule has 0 spiro atoms. The second kappa shape index (κ2) is 9.00. The number of carbonyl (C=O) groups is 1. The van der Waals surface area contributed by atoms with E-state index in [1.807, 2.05) is 33.8 Å². The third-order valence-electron chi connectivity index (χ3n) is 6.80. The zero-order valence-electron chi connectivity index (χ0n) is 18.1. The third kappa shape index (κ3) is 3.91. The van der Waals surface area contributed by atoms with Crippen LogP contribution < -0.4 is 0 Å². The number of amides is 1. The third-order valence-corrected chi connectivity index (χ3v) is 6.80. The van der Waals surface area contributed by atoms with Crippen molar-refractivity contribution in [3.05, 3.63) is 71.8 Å². The van der Waals surface area contributed by atoms with Gasteiger partial charge >= 0.3 is 0 Å². The lowest BCUT2D eigenvalue weighted by Gasteiger charge is -2.40. The van der Waals surface area contributed by atoms with Crippen LogP contribution in [0, 0.1) is 11.7 Å².